The summed E-state index contributed by atoms with van der Waals surface area (Å²) in [5, 5.41) is 9.27. The molecule has 0 saturated heterocycles. The third-order valence-electron chi connectivity index (χ3n) is 4.90. The van der Waals surface area contributed by atoms with Gasteiger partial charge in [0.05, 0.1) is 11.6 Å². The van der Waals surface area contributed by atoms with E-state index in [4.69, 9.17) is 0 Å². The Morgan fingerprint density at radius 3 is 2.25 bits per heavy atom. The topological polar surface area (TPSA) is 27.0 Å². The van der Waals surface area contributed by atoms with Crippen molar-refractivity contribution in [1.29, 1.82) is 5.26 Å². The average Bonchev–Trinajstić information content (AvgIpc) is 3.07. The van der Waals surface area contributed by atoms with Gasteiger partial charge in [0.1, 0.15) is 0 Å². The number of anilines is 1. The van der Waals surface area contributed by atoms with Crippen LogP contribution in [0.1, 0.15) is 16.7 Å². The Hall–Kier alpha value is -3.83. The van der Waals surface area contributed by atoms with E-state index in [1.54, 1.807) is 0 Å². The number of rotatable bonds is 4. The summed E-state index contributed by atoms with van der Waals surface area (Å²) < 4.78 is 0. The molecule has 134 valence electrons. The number of allylic oxidation sites excluding steroid dienone is 4. The van der Waals surface area contributed by atoms with Crippen molar-refractivity contribution in [2.75, 3.05) is 11.9 Å². The summed E-state index contributed by atoms with van der Waals surface area (Å²) in [5.41, 5.74) is 7.73. The third-order valence-corrected chi connectivity index (χ3v) is 4.90. The largest absolute Gasteiger partial charge is 0.351 e. The summed E-state index contributed by atoms with van der Waals surface area (Å²) in [4.78, 5) is 2.08. The van der Waals surface area contributed by atoms with Gasteiger partial charge in [-0.1, -0.05) is 66.8 Å². The van der Waals surface area contributed by atoms with E-state index in [2.05, 4.69) is 59.5 Å². The van der Waals surface area contributed by atoms with Crippen molar-refractivity contribution >= 4 is 11.3 Å². The molecule has 0 unspecified atom stereocenters. The number of benzene rings is 3. The Labute approximate surface area is 166 Å². The molecule has 0 amide bonds. The fourth-order valence-corrected chi connectivity index (χ4v) is 3.49. The Bertz CT molecular complexity index is 1130. The minimum absolute atomic E-state index is 0.686. The van der Waals surface area contributed by atoms with Crippen LogP contribution < -0.4 is 4.90 Å². The molecule has 0 N–H and O–H groups in total. The van der Waals surface area contributed by atoms with Gasteiger partial charge < -0.3 is 4.90 Å². The van der Waals surface area contributed by atoms with Gasteiger partial charge in [-0.2, -0.15) is 5.26 Å². The summed E-state index contributed by atoms with van der Waals surface area (Å²) in [7, 11) is 2.03. The highest BCUT2D eigenvalue weighted by molar-refractivity contribution is 6.01. The summed E-state index contributed by atoms with van der Waals surface area (Å²) in [6, 6.07) is 26.8. The third kappa shape index (κ3) is 3.39. The minimum Gasteiger partial charge on any atom is -0.351 e. The maximum atomic E-state index is 9.27. The fourth-order valence-electron chi connectivity index (χ4n) is 3.49. The summed E-state index contributed by atoms with van der Waals surface area (Å²) >= 11 is 0. The Kier molecular flexibility index (Phi) is 4.91. The molecule has 0 fully saturated rings. The summed E-state index contributed by atoms with van der Waals surface area (Å²) in [6.07, 6.45) is 10.3. The molecule has 0 bridgehead atoms. The van der Waals surface area contributed by atoms with E-state index < -0.39 is 0 Å². The van der Waals surface area contributed by atoms with Gasteiger partial charge in [-0.3, -0.25) is 0 Å². The van der Waals surface area contributed by atoms with Gasteiger partial charge in [0.15, 0.2) is 0 Å². The van der Waals surface area contributed by atoms with Gasteiger partial charge in [-0.15, -0.1) is 0 Å². The lowest BCUT2D eigenvalue weighted by molar-refractivity contribution is 1.20. The van der Waals surface area contributed by atoms with E-state index in [1.807, 2.05) is 61.8 Å². The van der Waals surface area contributed by atoms with Crippen molar-refractivity contribution in [3.8, 4) is 17.2 Å². The molecule has 2 nitrogen and oxygen atoms in total. The molecule has 28 heavy (non-hydrogen) atoms. The first-order chi connectivity index (χ1) is 13.8. The highest BCUT2D eigenvalue weighted by Crippen LogP contribution is 2.44. The second-order valence-corrected chi connectivity index (χ2v) is 6.67. The van der Waals surface area contributed by atoms with Gasteiger partial charge in [0.2, 0.25) is 0 Å². The van der Waals surface area contributed by atoms with Crippen molar-refractivity contribution < 1.29 is 0 Å². The van der Waals surface area contributed by atoms with Gasteiger partial charge in [-0.05, 0) is 58.2 Å². The van der Waals surface area contributed by atoms with E-state index in [9.17, 15) is 5.26 Å². The SMILES string of the molecule is CN(/C=C/C=C/C=C1\c2ccccc2-c2ccc(C#N)cc21)c1ccccc1. The van der Waals surface area contributed by atoms with Crippen LogP contribution in [0, 0.1) is 11.3 Å². The van der Waals surface area contributed by atoms with E-state index in [0.29, 0.717) is 5.56 Å². The van der Waals surface area contributed by atoms with Gasteiger partial charge in [-0.25, -0.2) is 0 Å². The number of hydrogen-bond acceptors (Lipinski definition) is 2. The molecule has 4 rings (SSSR count). The zero-order chi connectivity index (χ0) is 19.3. The molecular weight excluding hydrogens is 340 g/mol. The first-order valence-corrected chi connectivity index (χ1v) is 9.25. The Morgan fingerprint density at radius 2 is 1.46 bits per heavy atom. The van der Waals surface area contributed by atoms with Crippen molar-refractivity contribution in [3.05, 3.63) is 120 Å². The normalized spacial score (nSPS) is 13.6. The lowest BCUT2D eigenvalue weighted by Gasteiger charge is -2.12. The fraction of sp³-hybridized carbons (Fsp3) is 0.0385. The quantitative estimate of drug-likeness (QED) is 0.407. The summed E-state index contributed by atoms with van der Waals surface area (Å²) in [6.45, 7) is 0. The van der Waals surface area contributed by atoms with Gasteiger partial charge in [0.25, 0.3) is 0 Å². The molecule has 1 aliphatic carbocycles. The Balaban J connectivity index is 1.60. The molecule has 0 radical (unpaired) electrons. The molecule has 0 aromatic heterocycles. The first kappa shape index (κ1) is 17.6. The zero-order valence-electron chi connectivity index (χ0n) is 15.7. The van der Waals surface area contributed by atoms with Crippen LogP contribution in [0.5, 0.6) is 0 Å². The predicted octanol–water partition coefficient (Wildman–Crippen LogP) is 6.18. The van der Waals surface area contributed by atoms with Gasteiger partial charge >= 0.3 is 0 Å². The average molecular weight is 360 g/mol. The molecule has 1 aliphatic rings. The van der Waals surface area contributed by atoms with Crippen LogP contribution in [0.15, 0.2) is 103 Å². The number of fused-ring (bicyclic) bond motifs is 3. The van der Waals surface area contributed by atoms with Crippen molar-refractivity contribution in [1.82, 2.24) is 0 Å². The van der Waals surface area contributed by atoms with Gasteiger partial charge in [0, 0.05) is 18.9 Å². The van der Waals surface area contributed by atoms with E-state index in [0.717, 1.165) is 16.8 Å². The monoisotopic (exact) mass is 360 g/mol. The maximum absolute atomic E-state index is 9.27. The molecule has 2 heteroatoms. The van der Waals surface area contributed by atoms with E-state index in [1.165, 1.54) is 16.7 Å². The number of para-hydroxylation sites is 1. The minimum atomic E-state index is 0.686. The molecule has 0 spiro atoms. The Morgan fingerprint density at radius 1 is 0.750 bits per heavy atom. The van der Waals surface area contributed by atoms with Crippen LogP contribution in [0.2, 0.25) is 0 Å². The van der Waals surface area contributed by atoms with E-state index >= 15 is 0 Å². The highest BCUT2D eigenvalue weighted by atomic mass is 15.1. The zero-order valence-corrected chi connectivity index (χ0v) is 15.7. The van der Waals surface area contributed by atoms with Crippen LogP contribution in [0.4, 0.5) is 5.69 Å². The van der Waals surface area contributed by atoms with Crippen molar-refractivity contribution in [2.45, 2.75) is 0 Å². The lowest BCUT2D eigenvalue weighted by atomic mass is 10.0. The molecular formula is C26H20N2. The van der Waals surface area contributed by atoms with Crippen molar-refractivity contribution in [2.24, 2.45) is 0 Å². The molecule has 0 atom stereocenters. The van der Waals surface area contributed by atoms with Crippen LogP contribution in [0.25, 0.3) is 16.7 Å². The molecule has 3 aromatic carbocycles. The second kappa shape index (κ2) is 7.82. The standard InChI is InChI=1S/C26H20N2/c1-28(21-10-4-2-5-11-21)17-9-3-6-12-24-22-13-7-8-14-23(22)25-16-15-20(19-27)18-26(24)25/h2-18H,1H3/b6-3+,17-9+,24-12+. The van der Waals surface area contributed by atoms with E-state index in [-0.39, 0.29) is 0 Å². The second-order valence-electron chi connectivity index (χ2n) is 6.67. The van der Waals surface area contributed by atoms with Crippen LogP contribution >= 0.6 is 0 Å². The number of nitriles is 1. The first-order valence-electron chi connectivity index (χ1n) is 9.25. The predicted molar refractivity (Wildman–Crippen MR) is 117 cm³/mol. The lowest BCUT2D eigenvalue weighted by Crippen LogP contribution is -2.06. The molecule has 0 saturated carbocycles. The maximum Gasteiger partial charge on any atom is 0.0991 e. The molecule has 0 heterocycles. The number of nitrogens with zero attached hydrogens (tertiary/aromatic N) is 2. The van der Waals surface area contributed by atoms with Crippen LogP contribution in [-0.4, -0.2) is 7.05 Å². The van der Waals surface area contributed by atoms with Crippen LogP contribution in [0.3, 0.4) is 0 Å². The smallest absolute Gasteiger partial charge is 0.0991 e. The molecule has 0 aliphatic heterocycles. The highest BCUT2D eigenvalue weighted by Gasteiger charge is 2.22. The van der Waals surface area contributed by atoms with Crippen LogP contribution in [-0.2, 0) is 0 Å². The summed E-state index contributed by atoms with van der Waals surface area (Å²) in [5.74, 6) is 0. The molecule has 3 aromatic rings. The number of hydrogen-bond donors (Lipinski definition) is 0. The van der Waals surface area contributed by atoms with Crippen molar-refractivity contribution in [3.63, 3.8) is 0 Å².